The van der Waals surface area contributed by atoms with Gasteiger partial charge >= 0.3 is 0 Å². The van der Waals surface area contributed by atoms with Gasteiger partial charge in [-0.15, -0.1) is 0 Å². The Morgan fingerprint density at radius 1 is 1.58 bits per heavy atom. The third-order valence-corrected chi connectivity index (χ3v) is 2.03. The standard InChI is InChI=1S/C8H11BrN2O/c1-5(2)12-8-7(9)6(10)3-4-11-8/h3-5H,1-2H3,(H2,10,11). The van der Waals surface area contributed by atoms with Crippen LogP contribution in [0.25, 0.3) is 0 Å². The van der Waals surface area contributed by atoms with Crippen LogP contribution in [0.5, 0.6) is 5.88 Å². The quantitative estimate of drug-likeness (QED) is 0.848. The van der Waals surface area contributed by atoms with Gasteiger partial charge < -0.3 is 10.5 Å². The Balaban J connectivity index is 2.92. The van der Waals surface area contributed by atoms with Gasteiger partial charge in [-0.2, -0.15) is 0 Å². The van der Waals surface area contributed by atoms with Gasteiger partial charge in [0.2, 0.25) is 5.88 Å². The molecule has 12 heavy (non-hydrogen) atoms. The molecule has 0 atom stereocenters. The number of hydrogen-bond donors (Lipinski definition) is 1. The van der Waals surface area contributed by atoms with Crippen LogP contribution < -0.4 is 10.5 Å². The van der Waals surface area contributed by atoms with Gasteiger partial charge in [-0.25, -0.2) is 4.98 Å². The van der Waals surface area contributed by atoms with Crippen molar-refractivity contribution >= 4 is 21.6 Å². The molecule has 4 heteroatoms. The summed E-state index contributed by atoms with van der Waals surface area (Å²) in [4.78, 5) is 4.03. The summed E-state index contributed by atoms with van der Waals surface area (Å²) in [6.07, 6.45) is 1.73. The maximum atomic E-state index is 5.63. The molecule has 66 valence electrons. The lowest BCUT2D eigenvalue weighted by molar-refractivity contribution is 0.231. The van der Waals surface area contributed by atoms with Crippen molar-refractivity contribution < 1.29 is 4.74 Å². The average Bonchev–Trinajstić information content (AvgIpc) is 1.98. The number of halogens is 1. The molecule has 2 N–H and O–H groups in total. The SMILES string of the molecule is CC(C)Oc1nccc(N)c1Br. The fraction of sp³-hybridized carbons (Fsp3) is 0.375. The van der Waals surface area contributed by atoms with Crippen molar-refractivity contribution in [2.75, 3.05) is 5.73 Å². The van der Waals surface area contributed by atoms with E-state index >= 15 is 0 Å². The first-order chi connectivity index (χ1) is 5.61. The van der Waals surface area contributed by atoms with E-state index in [2.05, 4.69) is 20.9 Å². The summed E-state index contributed by atoms with van der Waals surface area (Å²) in [6.45, 7) is 3.88. The molecule has 1 aromatic heterocycles. The van der Waals surface area contributed by atoms with Crippen LogP contribution in [0.2, 0.25) is 0 Å². The highest BCUT2D eigenvalue weighted by atomic mass is 79.9. The predicted molar refractivity (Wildman–Crippen MR) is 52.1 cm³/mol. The summed E-state index contributed by atoms with van der Waals surface area (Å²) in [7, 11) is 0. The molecule has 0 aliphatic rings. The second kappa shape index (κ2) is 3.76. The number of hydrogen-bond acceptors (Lipinski definition) is 3. The minimum atomic E-state index is 0.107. The second-order valence-corrected chi connectivity index (χ2v) is 3.48. The number of rotatable bonds is 2. The molecule has 1 rings (SSSR count). The molecule has 3 nitrogen and oxygen atoms in total. The molecule has 0 radical (unpaired) electrons. The third kappa shape index (κ3) is 2.11. The molecular formula is C8H11BrN2O. The zero-order valence-corrected chi connectivity index (χ0v) is 8.63. The third-order valence-electron chi connectivity index (χ3n) is 1.23. The van der Waals surface area contributed by atoms with Crippen LogP contribution in [0.4, 0.5) is 5.69 Å². The maximum absolute atomic E-state index is 5.63. The Morgan fingerprint density at radius 2 is 2.25 bits per heavy atom. The highest BCUT2D eigenvalue weighted by Gasteiger charge is 2.06. The monoisotopic (exact) mass is 230 g/mol. The largest absolute Gasteiger partial charge is 0.474 e. The predicted octanol–water partition coefficient (Wildman–Crippen LogP) is 2.21. The molecule has 0 spiro atoms. The Morgan fingerprint density at radius 3 is 2.83 bits per heavy atom. The van der Waals surface area contributed by atoms with Crippen molar-refractivity contribution in [2.45, 2.75) is 20.0 Å². The molecule has 1 heterocycles. The number of ether oxygens (including phenoxy) is 1. The van der Waals surface area contributed by atoms with E-state index in [1.54, 1.807) is 12.3 Å². The number of pyridine rings is 1. The molecule has 0 saturated heterocycles. The van der Waals surface area contributed by atoms with E-state index in [-0.39, 0.29) is 6.10 Å². The first kappa shape index (κ1) is 9.32. The molecule has 0 fully saturated rings. The van der Waals surface area contributed by atoms with E-state index in [1.807, 2.05) is 13.8 Å². The van der Waals surface area contributed by atoms with Crippen molar-refractivity contribution in [1.29, 1.82) is 0 Å². The van der Waals surface area contributed by atoms with E-state index in [1.165, 1.54) is 0 Å². The fourth-order valence-corrected chi connectivity index (χ4v) is 1.07. The zero-order chi connectivity index (χ0) is 9.14. The van der Waals surface area contributed by atoms with Crippen LogP contribution in [-0.2, 0) is 0 Å². The Kier molecular flexibility index (Phi) is 2.92. The lowest BCUT2D eigenvalue weighted by atomic mass is 10.4. The Labute approximate surface area is 80.1 Å². The molecule has 1 aromatic rings. The van der Waals surface area contributed by atoms with Gasteiger partial charge in [-0.1, -0.05) is 0 Å². The first-order valence-electron chi connectivity index (χ1n) is 3.68. The number of nitrogen functional groups attached to an aromatic ring is 1. The van der Waals surface area contributed by atoms with Crippen molar-refractivity contribution in [3.63, 3.8) is 0 Å². The normalized spacial score (nSPS) is 10.3. The Hall–Kier alpha value is -0.770. The second-order valence-electron chi connectivity index (χ2n) is 2.69. The van der Waals surface area contributed by atoms with Gasteiger partial charge in [-0.05, 0) is 35.8 Å². The lowest BCUT2D eigenvalue weighted by Gasteiger charge is -2.10. The molecule has 0 aliphatic heterocycles. The van der Waals surface area contributed by atoms with Crippen LogP contribution in [-0.4, -0.2) is 11.1 Å². The average molecular weight is 231 g/mol. The van der Waals surface area contributed by atoms with E-state index in [4.69, 9.17) is 10.5 Å². The van der Waals surface area contributed by atoms with Crippen molar-refractivity contribution in [3.05, 3.63) is 16.7 Å². The summed E-state index contributed by atoms with van der Waals surface area (Å²) in [6, 6.07) is 1.72. The number of aromatic nitrogens is 1. The Bertz CT molecular complexity index is 276. The van der Waals surface area contributed by atoms with Crippen molar-refractivity contribution in [1.82, 2.24) is 4.98 Å². The topological polar surface area (TPSA) is 48.1 Å². The summed E-state index contributed by atoms with van der Waals surface area (Å²) < 4.78 is 6.11. The maximum Gasteiger partial charge on any atom is 0.230 e. The van der Waals surface area contributed by atoms with Crippen molar-refractivity contribution in [3.8, 4) is 5.88 Å². The van der Waals surface area contributed by atoms with Crippen LogP contribution in [0.15, 0.2) is 16.7 Å². The minimum Gasteiger partial charge on any atom is -0.474 e. The highest BCUT2D eigenvalue weighted by molar-refractivity contribution is 9.10. The minimum absolute atomic E-state index is 0.107. The zero-order valence-electron chi connectivity index (χ0n) is 7.04. The summed E-state index contributed by atoms with van der Waals surface area (Å²) >= 11 is 3.30. The van der Waals surface area contributed by atoms with Crippen LogP contribution in [0, 0.1) is 0 Å². The molecular weight excluding hydrogens is 220 g/mol. The molecule has 0 aliphatic carbocycles. The number of nitrogens with zero attached hydrogens (tertiary/aromatic N) is 1. The van der Waals surface area contributed by atoms with Gasteiger partial charge in [-0.3, -0.25) is 0 Å². The van der Waals surface area contributed by atoms with Gasteiger partial charge in [0.1, 0.15) is 4.47 Å². The van der Waals surface area contributed by atoms with E-state index in [9.17, 15) is 0 Å². The smallest absolute Gasteiger partial charge is 0.230 e. The van der Waals surface area contributed by atoms with Crippen LogP contribution in [0.3, 0.4) is 0 Å². The van der Waals surface area contributed by atoms with Crippen LogP contribution >= 0.6 is 15.9 Å². The first-order valence-corrected chi connectivity index (χ1v) is 4.47. The molecule has 0 bridgehead atoms. The van der Waals surface area contributed by atoms with Gasteiger partial charge in [0.25, 0.3) is 0 Å². The van der Waals surface area contributed by atoms with Crippen molar-refractivity contribution in [2.24, 2.45) is 0 Å². The summed E-state index contributed by atoms with van der Waals surface area (Å²) in [5, 5.41) is 0. The summed E-state index contributed by atoms with van der Waals surface area (Å²) in [5.74, 6) is 0.546. The van der Waals surface area contributed by atoms with E-state index < -0.39 is 0 Å². The molecule has 0 amide bonds. The molecule has 0 aromatic carbocycles. The highest BCUT2D eigenvalue weighted by Crippen LogP contribution is 2.28. The fourth-order valence-electron chi connectivity index (χ4n) is 0.744. The van der Waals surface area contributed by atoms with Gasteiger partial charge in [0.05, 0.1) is 11.8 Å². The van der Waals surface area contributed by atoms with E-state index in [0.29, 0.717) is 11.6 Å². The lowest BCUT2D eigenvalue weighted by Crippen LogP contribution is -2.07. The number of anilines is 1. The molecule has 0 saturated carbocycles. The molecule has 0 unspecified atom stereocenters. The van der Waals surface area contributed by atoms with Gasteiger partial charge in [0.15, 0.2) is 0 Å². The van der Waals surface area contributed by atoms with E-state index in [0.717, 1.165) is 4.47 Å². The summed E-state index contributed by atoms with van der Waals surface area (Å²) in [5.41, 5.74) is 6.27. The number of nitrogens with two attached hydrogens (primary N) is 1. The van der Waals surface area contributed by atoms with Crippen LogP contribution in [0.1, 0.15) is 13.8 Å². The van der Waals surface area contributed by atoms with Gasteiger partial charge in [0, 0.05) is 6.20 Å².